The summed E-state index contributed by atoms with van der Waals surface area (Å²) >= 11 is 6.38. The Morgan fingerprint density at radius 3 is 2.13 bits per heavy atom. The van der Waals surface area contributed by atoms with Crippen LogP contribution in [0.25, 0.3) is 0 Å². The molecule has 15 heavy (non-hydrogen) atoms. The van der Waals surface area contributed by atoms with E-state index in [-0.39, 0.29) is 9.52 Å². The van der Waals surface area contributed by atoms with Gasteiger partial charge in [-0.3, -0.25) is 0 Å². The number of halogens is 1. The first-order chi connectivity index (χ1) is 6.97. The minimum atomic E-state index is -0.307. The van der Waals surface area contributed by atoms with Crippen molar-refractivity contribution in [3.05, 3.63) is 29.3 Å². The molecule has 0 nitrogen and oxygen atoms in total. The van der Waals surface area contributed by atoms with E-state index in [9.17, 15) is 0 Å². The summed E-state index contributed by atoms with van der Waals surface area (Å²) in [7, 11) is -0.307. The summed E-state index contributed by atoms with van der Waals surface area (Å²) in [6.45, 7) is 8.81. The molecule has 0 amide bonds. The van der Waals surface area contributed by atoms with Crippen molar-refractivity contribution < 1.29 is 0 Å². The fourth-order valence-electron chi connectivity index (χ4n) is 2.04. The van der Waals surface area contributed by atoms with Gasteiger partial charge in [0.25, 0.3) is 0 Å². The molecule has 0 saturated heterocycles. The third kappa shape index (κ3) is 4.85. The molecule has 0 fully saturated rings. The molecule has 0 radical (unpaired) electrons. The summed E-state index contributed by atoms with van der Waals surface area (Å²) in [5.74, 6) is 0.714. The van der Waals surface area contributed by atoms with Gasteiger partial charge in [0, 0.05) is 5.00 Å². The number of hydrogen-bond donors (Lipinski definition) is 0. The van der Waals surface area contributed by atoms with Crippen LogP contribution in [0.2, 0.25) is 0 Å². The van der Waals surface area contributed by atoms with Crippen molar-refractivity contribution in [1.82, 2.24) is 0 Å². The maximum Gasteiger partial charge on any atom is 0.0753 e. The van der Waals surface area contributed by atoms with E-state index >= 15 is 0 Å². The van der Waals surface area contributed by atoms with Crippen molar-refractivity contribution in [3.63, 3.8) is 0 Å². The summed E-state index contributed by atoms with van der Waals surface area (Å²) < 4.78 is 0. The van der Waals surface area contributed by atoms with Crippen LogP contribution in [0.4, 0.5) is 0 Å². The molecule has 0 aliphatic carbocycles. The van der Waals surface area contributed by atoms with Crippen molar-refractivity contribution in [2.75, 3.05) is 0 Å². The standard InChI is InChI=1S/C13H21ClSi/c1-9(2)5-13(14)15-12-7-10(3)6-11(4)8-12/h6-9,13H,5,15H2,1-4H3. The molecular formula is C13H21ClSi. The zero-order chi connectivity index (χ0) is 11.4. The van der Waals surface area contributed by atoms with E-state index in [1.807, 2.05) is 0 Å². The highest BCUT2D eigenvalue weighted by molar-refractivity contribution is 6.64. The van der Waals surface area contributed by atoms with Gasteiger partial charge >= 0.3 is 0 Å². The summed E-state index contributed by atoms with van der Waals surface area (Å²) in [5.41, 5.74) is 2.73. The summed E-state index contributed by atoms with van der Waals surface area (Å²) in [6.07, 6.45) is 1.15. The average molecular weight is 241 g/mol. The van der Waals surface area contributed by atoms with Gasteiger partial charge in [0.05, 0.1) is 9.52 Å². The summed E-state index contributed by atoms with van der Waals surface area (Å²) in [5, 5.41) is 1.92. The van der Waals surface area contributed by atoms with Crippen molar-refractivity contribution in [1.29, 1.82) is 0 Å². The molecule has 2 heteroatoms. The second-order valence-electron chi connectivity index (χ2n) is 4.93. The third-order valence-corrected chi connectivity index (χ3v) is 4.76. The van der Waals surface area contributed by atoms with Crippen LogP contribution in [-0.2, 0) is 0 Å². The van der Waals surface area contributed by atoms with Gasteiger partial charge in [-0.25, -0.2) is 0 Å². The number of hydrogen-bond acceptors (Lipinski definition) is 0. The van der Waals surface area contributed by atoms with E-state index in [0.29, 0.717) is 10.9 Å². The van der Waals surface area contributed by atoms with Crippen LogP contribution in [0.1, 0.15) is 31.4 Å². The number of benzene rings is 1. The normalized spacial score (nSPS) is 14.0. The molecule has 1 unspecified atom stereocenters. The van der Waals surface area contributed by atoms with Crippen molar-refractivity contribution in [2.24, 2.45) is 5.92 Å². The maximum absolute atomic E-state index is 6.38. The monoisotopic (exact) mass is 240 g/mol. The topological polar surface area (TPSA) is 0 Å². The van der Waals surface area contributed by atoms with Gasteiger partial charge in [0.15, 0.2) is 0 Å². The quantitative estimate of drug-likeness (QED) is 0.561. The zero-order valence-electron chi connectivity index (χ0n) is 10.2. The van der Waals surface area contributed by atoms with Crippen LogP contribution in [0.3, 0.4) is 0 Å². The van der Waals surface area contributed by atoms with E-state index in [0.717, 1.165) is 6.42 Å². The Bertz CT molecular complexity index is 300. The Hall–Kier alpha value is -0.273. The van der Waals surface area contributed by atoms with Gasteiger partial charge < -0.3 is 0 Å². The largest absolute Gasteiger partial charge is 0.127 e. The van der Waals surface area contributed by atoms with Crippen LogP contribution in [0, 0.1) is 19.8 Å². The molecule has 0 N–H and O–H groups in total. The van der Waals surface area contributed by atoms with E-state index in [1.54, 1.807) is 0 Å². The molecule has 0 heterocycles. The van der Waals surface area contributed by atoms with Crippen LogP contribution in [-0.4, -0.2) is 14.5 Å². The fourth-order valence-corrected chi connectivity index (χ4v) is 5.15. The van der Waals surface area contributed by atoms with Gasteiger partial charge in [-0.2, -0.15) is 0 Å². The Balaban J connectivity index is 2.63. The summed E-state index contributed by atoms with van der Waals surface area (Å²) in [6, 6.07) is 6.83. The first kappa shape index (κ1) is 12.8. The maximum atomic E-state index is 6.38. The van der Waals surface area contributed by atoms with Gasteiger partial charge in [0.1, 0.15) is 0 Å². The molecule has 0 aromatic heterocycles. The Morgan fingerprint density at radius 2 is 1.67 bits per heavy atom. The molecule has 0 aliphatic heterocycles. The van der Waals surface area contributed by atoms with Gasteiger partial charge in [-0.1, -0.05) is 48.4 Å². The molecule has 1 rings (SSSR count). The molecule has 0 spiro atoms. The highest BCUT2D eigenvalue weighted by atomic mass is 35.5. The molecule has 84 valence electrons. The zero-order valence-corrected chi connectivity index (χ0v) is 12.3. The first-order valence-electron chi connectivity index (χ1n) is 5.68. The molecule has 0 saturated carbocycles. The smallest absolute Gasteiger partial charge is 0.0753 e. The van der Waals surface area contributed by atoms with Crippen molar-refractivity contribution >= 4 is 26.3 Å². The molecule has 1 atom stereocenters. The van der Waals surface area contributed by atoms with E-state index in [4.69, 9.17) is 11.6 Å². The molecule has 0 aliphatic rings. The van der Waals surface area contributed by atoms with E-state index in [2.05, 4.69) is 45.9 Å². The summed E-state index contributed by atoms with van der Waals surface area (Å²) in [4.78, 5) is 0. The third-order valence-electron chi connectivity index (χ3n) is 2.47. The highest BCUT2D eigenvalue weighted by Gasteiger charge is 2.09. The predicted molar refractivity (Wildman–Crippen MR) is 73.2 cm³/mol. The van der Waals surface area contributed by atoms with Crippen LogP contribution < -0.4 is 5.19 Å². The SMILES string of the molecule is Cc1cc(C)cc([SiH2]C(Cl)CC(C)C)c1. The Morgan fingerprint density at radius 1 is 1.13 bits per heavy atom. The second kappa shape index (κ2) is 5.71. The average Bonchev–Trinajstić information content (AvgIpc) is 1.98. The van der Waals surface area contributed by atoms with Crippen LogP contribution in [0.5, 0.6) is 0 Å². The lowest BCUT2D eigenvalue weighted by Crippen LogP contribution is -2.25. The lowest BCUT2D eigenvalue weighted by molar-refractivity contribution is 0.613. The predicted octanol–water partition coefficient (Wildman–Crippen LogP) is 2.71. The number of rotatable bonds is 4. The van der Waals surface area contributed by atoms with Crippen molar-refractivity contribution in [3.8, 4) is 0 Å². The first-order valence-corrected chi connectivity index (χ1v) is 7.64. The Kier molecular flexibility index (Phi) is 4.87. The lowest BCUT2D eigenvalue weighted by atomic mass is 10.2. The Labute approximate surface area is 101 Å². The number of alkyl halides is 1. The molecule has 0 bridgehead atoms. The highest BCUT2D eigenvalue weighted by Crippen LogP contribution is 2.10. The van der Waals surface area contributed by atoms with E-state index in [1.165, 1.54) is 16.3 Å². The van der Waals surface area contributed by atoms with E-state index < -0.39 is 0 Å². The van der Waals surface area contributed by atoms with Crippen LogP contribution >= 0.6 is 11.6 Å². The van der Waals surface area contributed by atoms with Gasteiger partial charge in [-0.15, -0.1) is 11.6 Å². The number of aryl methyl sites for hydroxylation is 2. The molecule has 1 aromatic rings. The fraction of sp³-hybridized carbons (Fsp3) is 0.538. The minimum Gasteiger partial charge on any atom is -0.127 e. The van der Waals surface area contributed by atoms with Gasteiger partial charge in [-0.05, 0) is 26.2 Å². The van der Waals surface area contributed by atoms with Gasteiger partial charge in [0.2, 0.25) is 0 Å². The second-order valence-corrected chi connectivity index (χ2v) is 8.27. The minimum absolute atomic E-state index is 0.307. The molecule has 1 aromatic carbocycles. The van der Waals surface area contributed by atoms with Crippen LogP contribution in [0.15, 0.2) is 18.2 Å². The molecular weight excluding hydrogens is 220 g/mol. The van der Waals surface area contributed by atoms with Crippen molar-refractivity contribution in [2.45, 2.75) is 39.1 Å². The lowest BCUT2D eigenvalue weighted by Gasteiger charge is -2.12.